The molecule has 1 amide bonds. The number of nitrogens with zero attached hydrogens (tertiary/aromatic N) is 5. The maximum Gasteiger partial charge on any atom is 0.231 e. The summed E-state index contributed by atoms with van der Waals surface area (Å²) in [4.78, 5) is 24.9. The molecule has 7 nitrogen and oxygen atoms in total. The standard InChI is InChI=1S/C24H32N6O.C2H6/c1-3-29(14-19-6-4-18(2)5-7-19)23-21-10-13-30(24(21)27-17-26-23)15-20-8-11-28(12-9-20)16-22(25)31;1-2/h4-7,10,13,17,20H,3,8-9,11-12,14-16H2,1-2H3,(H2,25,31);1-2H3. The number of aryl methyl sites for hydroxylation is 1. The Kier molecular flexibility index (Phi) is 8.83. The summed E-state index contributed by atoms with van der Waals surface area (Å²) in [6, 6.07) is 10.8. The molecule has 1 aliphatic rings. The van der Waals surface area contributed by atoms with Gasteiger partial charge in [0.2, 0.25) is 5.91 Å². The molecule has 0 aliphatic carbocycles. The number of aromatic nitrogens is 3. The van der Waals surface area contributed by atoms with Crippen molar-refractivity contribution in [1.29, 1.82) is 0 Å². The van der Waals surface area contributed by atoms with E-state index in [1.807, 2.05) is 13.8 Å². The summed E-state index contributed by atoms with van der Waals surface area (Å²) < 4.78 is 2.26. The normalized spacial score (nSPS) is 14.7. The number of fused-ring (bicyclic) bond motifs is 1. The zero-order valence-electron chi connectivity index (χ0n) is 20.5. The van der Waals surface area contributed by atoms with E-state index >= 15 is 0 Å². The molecular weight excluding hydrogens is 412 g/mol. The quantitative estimate of drug-likeness (QED) is 0.561. The maximum absolute atomic E-state index is 11.2. The van der Waals surface area contributed by atoms with Crippen molar-refractivity contribution in [2.75, 3.05) is 31.1 Å². The lowest BCUT2D eigenvalue weighted by molar-refractivity contribution is -0.119. The third-order valence-electron chi connectivity index (χ3n) is 6.25. The lowest BCUT2D eigenvalue weighted by Crippen LogP contribution is -2.40. The first-order valence-corrected chi connectivity index (χ1v) is 12.1. The van der Waals surface area contributed by atoms with Gasteiger partial charge < -0.3 is 15.2 Å². The number of primary amides is 1. The fourth-order valence-electron chi connectivity index (χ4n) is 4.47. The van der Waals surface area contributed by atoms with Crippen LogP contribution in [0.15, 0.2) is 42.9 Å². The summed E-state index contributed by atoms with van der Waals surface area (Å²) in [6.07, 6.45) is 5.96. The molecule has 33 heavy (non-hydrogen) atoms. The average Bonchev–Trinajstić information content (AvgIpc) is 3.24. The van der Waals surface area contributed by atoms with Crippen LogP contribution in [0, 0.1) is 12.8 Å². The third-order valence-corrected chi connectivity index (χ3v) is 6.25. The van der Waals surface area contributed by atoms with E-state index in [4.69, 9.17) is 5.73 Å². The monoisotopic (exact) mass is 450 g/mol. The van der Waals surface area contributed by atoms with E-state index in [0.717, 1.165) is 62.4 Å². The smallest absolute Gasteiger partial charge is 0.231 e. The Morgan fingerprint density at radius 1 is 1.12 bits per heavy atom. The highest BCUT2D eigenvalue weighted by molar-refractivity contribution is 5.87. The van der Waals surface area contributed by atoms with Crippen molar-refractivity contribution < 1.29 is 4.79 Å². The average molecular weight is 451 g/mol. The van der Waals surface area contributed by atoms with Gasteiger partial charge in [0, 0.05) is 25.8 Å². The van der Waals surface area contributed by atoms with Crippen LogP contribution in [-0.4, -0.2) is 51.5 Å². The molecule has 2 N–H and O–H groups in total. The first-order valence-electron chi connectivity index (χ1n) is 12.1. The van der Waals surface area contributed by atoms with Crippen LogP contribution < -0.4 is 10.6 Å². The van der Waals surface area contributed by atoms with Crippen LogP contribution in [-0.2, 0) is 17.9 Å². The number of piperidine rings is 1. The molecule has 3 aromatic rings. The van der Waals surface area contributed by atoms with E-state index in [1.165, 1.54) is 11.1 Å². The van der Waals surface area contributed by atoms with Crippen molar-refractivity contribution in [3.8, 4) is 0 Å². The molecular formula is C26H38N6O. The van der Waals surface area contributed by atoms with Crippen LogP contribution in [0.5, 0.6) is 0 Å². The highest BCUT2D eigenvalue weighted by atomic mass is 16.1. The summed E-state index contributed by atoms with van der Waals surface area (Å²) in [5.41, 5.74) is 8.88. The molecule has 1 saturated heterocycles. The minimum absolute atomic E-state index is 0.245. The summed E-state index contributed by atoms with van der Waals surface area (Å²) in [5.74, 6) is 1.32. The largest absolute Gasteiger partial charge is 0.369 e. The van der Waals surface area contributed by atoms with Crippen molar-refractivity contribution in [2.45, 2.75) is 53.6 Å². The van der Waals surface area contributed by atoms with Crippen molar-refractivity contribution in [1.82, 2.24) is 19.4 Å². The van der Waals surface area contributed by atoms with Crippen molar-refractivity contribution in [3.63, 3.8) is 0 Å². The fourth-order valence-corrected chi connectivity index (χ4v) is 4.47. The number of hydrogen-bond donors (Lipinski definition) is 1. The summed E-state index contributed by atoms with van der Waals surface area (Å²) in [6.45, 7) is 13.1. The highest BCUT2D eigenvalue weighted by Gasteiger charge is 2.22. The number of rotatable bonds is 8. The Morgan fingerprint density at radius 3 is 2.45 bits per heavy atom. The molecule has 0 unspecified atom stereocenters. The second-order valence-corrected chi connectivity index (χ2v) is 8.59. The zero-order valence-corrected chi connectivity index (χ0v) is 20.5. The SMILES string of the molecule is CC.CCN(Cc1ccc(C)cc1)c1ncnc2c1ccn2CC1CCN(CC(N)=O)CC1. The van der Waals surface area contributed by atoms with Gasteiger partial charge in [-0.1, -0.05) is 43.7 Å². The van der Waals surface area contributed by atoms with E-state index in [0.29, 0.717) is 12.5 Å². The van der Waals surface area contributed by atoms with Crippen molar-refractivity contribution in [2.24, 2.45) is 11.7 Å². The zero-order chi connectivity index (χ0) is 23.8. The number of nitrogens with two attached hydrogens (primary N) is 1. The van der Waals surface area contributed by atoms with Crippen molar-refractivity contribution >= 4 is 22.8 Å². The minimum Gasteiger partial charge on any atom is -0.369 e. The van der Waals surface area contributed by atoms with Gasteiger partial charge in [-0.25, -0.2) is 9.97 Å². The number of hydrogen-bond acceptors (Lipinski definition) is 5. The predicted molar refractivity (Wildman–Crippen MR) is 135 cm³/mol. The first kappa shape index (κ1) is 24.7. The molecule has 0 radical (unpaired) electrons. The van der Waals surface area contributed by atoms with Gasteiger partial charge in [-0.2, -0.15) is 0 Å². The fraction of sp³-hybridized carbons (Fsp3) is 0.500. The first-order chi connectivity index (χ1) is 16.0. The highest BCUT2D eigenvalue weighted by Crippen LogP contribution is 2.27. The molecule has 1 fully saturated rings. The van der Waals surface area contributed by atoms with E-state index in [9.17, 15) is 4.79 Å². The van der Waals surface area contributed by atoms with Crippen LogP contribution >= 0.6 is 0 Å². The maximum atomic E-state index is 11.2. The van der Waals surface area contributed by atoms with Crippen LogP contribution in [0.1, 0.15) is 44.7 Å². The summed E-state index contributed by atoms with van der Waals surface area (Å²) in [7, 11) is 0. The van der Waals surface area contributed by atoms with Crippen LogP contribution in [0.25, 0.3) is 11.0 Å². The Morgan fingerprint density at radius 2 is 1.82 bits per heavy atom. The van der Waals surface area contributed by atoms with Gasteiger partial charge in [0.05, 0.1) is 11.9 Å². The van der Waals surface area contributed by atoms with Gasteiger partial charge in [-0.3, -0.25) is 9.69 Å². The number of amides is 1. The number of likely N-dealkylation sites (tertiary alicyclic amines) is 1. The second kappa shape index (κ2) is 11.8. The van der Waals surface area contributed by atoms with Gasteiger partial charge in [0.25, 0.3) is 0 Å². The van der Waals surface area contributed by atoms with Crippen LogP contribution in [0.3, 0.4) is 0 Å². The number of carbonyl (C=O) groups is 1. The topological polar surface area (TPSA) is 80.3 Å². The minimum atomic E-state index is -0.245. The van der Waals surface area contributed by atoms with Gasteiger partial charge in [0.1, 0.15) is 17.8 Å². The molecule has 1 aliphatic heterocycles. The lowest BCUT2D eigenvalue weighted by atomic mass is 9.96. The molecule has 7 heteroatoms. The molecule has 0 spiro atoms. The molecule has 0 bridgehead atoms. The van der Waals surface area contributed by atoms with Crippen LogP contribution in [0.4, 0.5) is 5.82 Å². The molecule has 2 aromatic heterocycles. The Labute approximate surface area is 197 Å². The van der Waals surface area contributed by atoms with Gasteiger partial charge in [-0.15, -0.1) is 0 Å². The number of carbonyl (C=O) groups excluding carboxylic acids is 1. The van der Waals surface area contributed by atoms with E-state index in [-0.39, 0.29) is 5.91 Å². The molecule has 178 valence electrons. The summed E-state index contributed by atoms with van der Waals surface area (Å²) in [5, 5.41) is 1.10. The Balaban J connectivity index is 0.00000149. The second-order valence-electron chi connectivity index (χ2n) is 8.59. The molecule has 1 aromatic carbocycles. The third kappa shape index (κ3) is 6.32. The Hall–Kier alpha value is -2.93. The molecule has 3 heterocycles. The van der Waals surface area contributed by atoms with Gasteiger partial charge in [-0.05, 0) is 57.3 Å². The molecule has 4 rings (SSSR count). The number of benzene rings is 1. The number of anilines is 1. The van der Waals surface area contributed by atoms with Gasteiger partial charge in [0.15, 0.2) is 0 Å². The molecule has 0 saturated carbocycles. The van der Waals surface area contributed by atoms with Crippen molar-refractivity contribution in [3.05, 3.63) is 54.0 Å². The lowest BCUT2D eigenvalue weighted by Gasteiger charge is -2.31. The van der Waals surface area contributed by atoms with E-state index in [2.05, 4.69) is 74.7 Å². The van der Waals surface area contributed by atoms with Crippen LogP contribution in [0.2, 0.25) is 0 Å². The van der Waals surface area contributed by atoms with E-state index in [1.54, 1.807) is 6.33 Å². The van der Waals surface area contributed by atoms with Gasteiger partial charge >= 0.3 is 0 Å². The predicted octanol–water partition coefficient (Wildman–Crippen LogP) is 3.99. The Bertz CT molecular complexity index is 1020. The van der Waals surface area contributed by atoms with E-state index < -0.39 is 0 Å². The molecule has 0 atom stereocenters. The summed E-state index contributed by atoms with van der Waals surface area (Å²) >= 11 is 0.